The summed E-state index contributed by atoms with van der Waals surface area (Å²) in [6.45, 7) is 6.76. The van der Waals surface area contributed by atoms with Gasteiger partial charge in [-0.2, -0.15) is 0 Å². The Morgan fingerprint density at radius 1 is 0.950 bits per heavy atom. The number of nitrogens with zero attached hydrogens (tertiary/aromatic N) is 3. The smallest absolute Gasteiger partial charge is 0.142 e. The van der Waals surface area contributed by atoms with Crippen molar-refractivity contribution < 1.29 is 4.39 Å². The zero-order chi connectivity index (χ0) is 13.9. The van der Waals surface area contributed by atoms with E-state index in [1.54, 1.807) is 6.08 Å². The Balaban J connectivity index is 1.52. The lowest BCUT2D eigenvalue weighted by Crippen LogP contribution is -2.52. The predicted octanol–water partition coefficient (Wildman–Crippen LogP) is 2.23. The molecule has 0 aromatic rings. The number of hydrogen-bond donors (Lipinski definition) is 0. The summed E-state index contributed by atoms with van der Waals surface area (Å²) < 4.78 is 13.9. The SMILES string of the molecule is CN1CCN(C2CCN(C3=CCCC=C3F)CC2)CC1. The highest BCUT2D eigenvalue weighted by Crippen LogP contribution is 2.27. The van der Waals surface area contributed by atoms with Crippen molar-refractivity contribution in [3.63, 3.8) is 0 Å². The van der Waals surface area contributed by atoms with Gasteiger partial charge < -0.3 is 9.80 Å². The summed E-state index contributed by atoms with van der Waals surface area (Å²) in [4.78, 5) is 7.29. The summed E-state index contributed by atoms with van der Waals surface area (Å²) in [5.41, 5.74) is 0.855. The molecule has 3 nitrogen and oxygen atoms in total. The van der Waals surface area contributed by atoms with Gasteiger partial charge in [-0.15, -0.1) is 0 Å². The Morgan fingerprint density at radius 2 is 1.60 bits per heavy atom. The molecular weight excluding hydrogens is 253 g/mol. The molecule has 0 spiro atoms. The van der Waals surface area contributed by atoms with Crippen LogP contribution < -0.4 is 0 Å². The first-order valence-electron chi connectivity index (χ1n) is 7.98. The molecule has 0 amide bonds. The van der Waals surface area contributed by atoms with Crippen molar-refractivity contribution in [2.24, 2.45) is 0 Å². The zero-order valence-corrected chi connectivity index (χ0v) is 12.5. The third-order valence-corrected chi connectivity index (χ3v) is 4.93. The van der Waals surface area contributed by atoms with Crippen LogP contribution in [-0.4, -0.2) is 67.1 Å². The summed E-state index contributed by atoms with van der Waals surface area (Å²) in [6.07, 6.45) is 8.00. The molecule has 2 aliphatic heterocycles. The summed E-state index contributed by atoms with van der Waals surface area (Å²) in [6, 6.07) is 0.705. The molecule has 2 fully saturated rings. The topological polar surface area (TPSA) is 9.72 Å². The second-order valence-electron chi connectivity index (χ2n) is 6.28. The maximum atomic E-state index is 13.9. The first kappa shape index (κ1) is 14.1. The van der Waals surface area contributed by atoms with Crippen molar-refractivity contribution in [2.75, 3.05) is 46.3 Å². The normalized spacial score (nSPS) is 27.4. The van der Waals surface area contributed by atoms with E-state index in [1.165, 1.54) is 39.0 Å². The van der Waals surface area contributed by atoms with E-state index in [2.05, 4.69) is 27.8 Å². The summed E-state index contributed by atoms with van der Waals surface area (Å²) in [5, 5.41) is 0. The highest BCUT2D eigenvalue weighted by molar-refractivity contribution is 5.27. The highest BCUT2D eigenvalue weighted by atomic mass is 19.1. The molecule has 0 N–H and O–H groups in total. The Bertz CT molecular complexity index is 389. The number of hydrogen-bond acceptors (Lipinski definition) is 3. The third kappa shape index (κ3) is 3.07. The van der Waals surface area contributed by atoms with Crippen LogP contribution in [0.1, 0.15) is 25.7 Å². The Hall–Kier alpha value is -0.870. The van der Waals surface area contributed by atoms with Gasteiger partial charge >= 0.3 is 0 Å². The predicted molar refractivity (Wildman–Crippen MR) is 80.2 cm³/mol. The van der Waals surface area contributed by atoms with Gasteiger partial charge in [-0.05, 0) is 38.8 Å². The van der Waals surface area contributed by atoms with Gasteiger partial charge in [0, 0.05) is 45.3 Å². The fourth-order valence-electron chi connectivity index (χ4n) is 3.57. The van der Waals surface area contributed by atoms with Crippen LogP contribution in [-0.2, 0) is 0 Å². The van der Waals surface area contributed by atoms with Gasteiger partial charge in [0.25, 0.3) is 0 Å². The van der Waals surface area contributed by atoms with Crippen LogP contribution in [0.2, 0.25) is 0 Å². The quantitative estimate of drug-likeness (QED) is 0.767. The number of likely N-dealkylation sites (tertiary alicyclic amines) is 1. The number of allylic oxidation sites excluding steroid dienone is 3. The maximum absolute atomic E-state index is 13.9. The van der Waals surface area contributed by atoms with Gasteiger partial charge in [-0.3, -0.25) is 4.90 Å². The Morgan fingerprint density at radius 3 is 2.25 bits per heavy atom. The van der Waals surface area contributed by atoms with Gasteiger partial charge in [0.1, 0.15) is 5.83 Å². The lowest BCUT2D eigenvalue weighted by Gasteiger charge is -2.43. The number of piperidine rings is 1. The average Bonchev–Trinajstić information content (AvgIpc) is 2.49. The molecular formula is C16H26FN3. The molecule has 3 rings (SSSR count). The monoisotopic (exact) mass is 279 g/mol. The van der Waals surface area contributed by atoms with Crippen LogP contribution in [0, 0.1) is 0 Å². The van der Waals surface area contributed by atoms with Crippen LogP contribution in [0.3, 0.4) is 0 Å². The summed E-state index contributed by atoms with van der Waals surface area (Å²) >= 11 is 0. The molecule has 2 heterocycles. The second kappa shape index (κ2) is 6.27. The van der Waals surface area contributed by atoms with E-state index in [9.17, 15) is 4.39 Å². The molecule has 0 bridgehead atoms. The number of piperazine rings is 1. The Kier molecular flexibility index (Phi) is 4.41. The van der Waals surface area contributed by atoms with Crippen LogP contribution in [0.25, 0.3) is 0 Å². The molecule has 1 aliphatic carbocycles. The first-order chi connectivity index (χ1) is 9.74. The molecule has 3 aliphatic rings. The molecule has 0 saturated carbocycles. The van der Waals surface area contributed by atoms with Gasteiger partial charge in [0.2, 0.25) is 0 Å². The summed E-state index contributed by atoms with van der Waals surface area (Å²) in [7, 11) is 2.20. The highest BCUT2D eigenvalue weighted by Gasteiger charge is 2.28. The van der Waals surface area contributed by atoms with E-state index in [1.807, 2.05) is 0 Å². The van der Waals surface area contributed by atoms with Gasteiger partial charge in [-0.25, -0.2) is 4.39 Å². The molecule has 0 unspecified atom stereocenters. The molecule has 0 atom stereocenters. The minimum atomic E-state index is -0.00528. The Labute approximate surface area is 121 Å². The molecule has 112 valence electrons. The number of rotatable bonds is 2. The van der Waals surface area contributed by atoms with Crippen LogP contribution >= 0.6 is 0 Å². The molecule has 2 saturated heterocycles. The fraction of sp³-hybridized carbons (Fsp3) is 0.750. The fourth-order valence-corrected chi connectivity index (χ4v) is 3.57. The average molecular weight is 279 g/mol. The van der Waals surface area contributed by atoms with Crippen LogP contribution in [0.15, 0.2) is 23.7 Å². The van der Waals surface area contributed by atoms with Crippen molar-refractivity contribution in [3.05, 3.63) is 23.7 Å². The van der Waals surface area contributed by atoms with Gasteiger partial charge in [-0.1, -0.05) is 6.08 Å². The molecule has 20 heavy (non-hydrogen) atoms. The minimum Gasteiger partial charge on any atom is -0.369 e. The summed E-state index contributed by atoms with van der Waals surface area (Å²) in [5.74, 6) is -0.00528. The van der Waals surface area contributed by atoms with Crippen molar-refractivity contribution in [3.8, 4) is 0 Å². The number of likely N-dealkylation sites (N-methyl/N-ethyl adjacent to an activating group) is 1. The van der Waals surface area contributed by atoms with E-state index in [4.69, 9.17) is 0 Å². The standard InChI is InChI=1S/C16H26FN3/c1-18-10-12-19(13-11-18)14-6-8-20(9-7-14)16-5-3-2-4-15(16)17/h4-5,14H,2-3,6-13H2,1H3. The van der Waals surface area contributed by atoms with Crippen LogP contribution in [0.5, 0.6) is 0 Å². The van der Waals surface area contributed by atoms with Crippen molar-refractivity contribution in [1.29, 1.82) is 0 Å². The van der Waals surface area contributed by atoms with E-state index >= 15 is 0 Å². The van der Waals surface area contributed by atoms with Gasteiger partial charge in [0.15, 0.2) is 0 Å². The number of halogens is 1. The van der Waals surface area contributed by atoms with E-state index in [-0.39, 0.29) is 5.83 Å². The lowest BCUT2D eigenvalue weighted by atomic mass is 10.00. The molecule has 0 aromatic carbocycles. The van der Waals surface area contributed by atoms with Gasteiger partial charge in [0.05, 0.1) is 5.70 Å². The molecule has 0 radical (unpaired) electrons. The third-order valence-electron chi connectivity index (χ3n) is 4.93. The van der Waals surface area contributed by atoms with Crippen molar-refractivity contribution in [2.45, 2.75) is 31.7 Å². The van der Waals surface area contributed by atoms with Crippen molar-refractivity contribution in [1.82, 2.24) is 14.7 Å². The molecule has 0 aromatic heterocycles. The molecule has 4 heteroatoms. The maximum Gasteiger partial charge on any atom is 0.142 e. The lowest BCUT2D eigenvalue weighted by molar-refractivity contribution is 0.0754. The van der Waals surface area contributed by atoms with E-state index in [0.717, 1.165) is 31.6 Å². The van der Waals surface area contributed by atoms with E-state index < -0.39 is 0 Å². The first-order valence-corrected chi connectivity index (χ1v) is 7.98. The second-order valence-corrected chi connectivity index (χ2v) is 6.28. The minimum absolute atomic E-state index is 0.00528. The largest absolute Gasteiger partial charge is 0.369 e. The zero-order valence-electron chi connectivity index (χ0n) is 12.5. The van der Waals surface area contributed by atoms with Crippen LogP contribution in [0.4, 0.5) is 4.39 Å². The van der Waals surface area contributed by atoms with E-state index in [0.29, 0.717) is 6.04 Å². The van der Waals surface area contributed by atoms with Crippen molar-refractivity contribution >= 4 is 0 Å².